The third kappa shape index (κ3) is 1.27. The van der Waals surface area contributed by atoms with Crippen molar-refractivity contribution >= 4 is 23.4 Å². The van der Waals surface area contributed by atoms with E-state index in [9.17, 15) is 9.59 Å². The van der Waals surface area contributed by atoms with E-state index in [0.29, 0.717) is 16.2 Å². The molecule has 4 rings (SSSR count). The average Bonchev–Trinajstić information content (AvgIpc) is 3.06. The molecule has 2 heterocycles. The number of allylic oxidation sites excluding steroid dienone is 2. The quantitative estimate of drug-likeness (QED) is 0.581. The Labute approximate surface area is 113 Å². The Morgan fingerprint density at radius 1 is 1.16 bits per heavy atom. The van der Waals surface area contributed by atoms with Crippen molar-refractivity contribution in [3.05, 3.63) is 58.7 Å². The van der Waals surface area contributed by atoms with Gasteiger partial charge >= 0.3 is 0 Å². The van der Waals surface area contributed by atoms with Crippen molar-refractivity contribution < 1.29 is 14.3 Å². The highest BCUT2D eigenvalue weighted by Crippen LogP contribution is 2.48. The van der Waals surface area contributed by atoms with Crippen LogP contribution in [-0.4, -0.2) is 28.5 Å². The zero-order valence-corrected chi connectivity index (χ0v) is 10.4. The van der Waals surface area contributed by atoms with Gasteiger partial charge in [0.2, 0.25) is 5.72 Å². The van der Waals surface area contributed by atoms with Crippen LogP contribution >= 0.6 is 11.6 Å². The predicted octanol–water partition coefficient (Wildman–Crippen LogP) is 2.07. The van der Waals surface area contributed by atoms with E-state index in [-0.39, 0.29) is 17.9 Å². The zero-order chi connectivity index (χ0) is 13.2. The molecule has 3 aliphatic rings. The van der Waals surface area contributed by atoms with Crippen molar-refractivity contribution in [3.63, 3.8) is 0 Å². The molecule has 19 heavy (non-hydrogen) atoms. The van der Waals surface area contributed by atoms with Crippen LogP contribution in [0.15, 0.2) is 47.5 Å². The van der Waals surface area contributed by atoms with Crippen LogP contribution in [0.3, 0.4) is 0 Å². The summed E-state index contributed by atoms with van der Waals surface area (Å²) in [5, 5.41) is 0.463. The van der Waals surface area contributed by atoms with Gasteiger partial charge in [0.25, 0.3) is 11.8 Å². The van der Waals surface area contributed by atoms with Crippen molar-refractivity contribution in [1.82, 2.24) is 4.90 Å². The SMILES string of the molecule is O=C1c2ccccc2C(=O)N1C12C=C(Cl)C=CC1O2. The first-order chi connectivity index (χ1) is 9.13. The fourth-order valence-electron chi connectivity index (χ4n) is 2.64. The highest BCUT2D eigenvalue weighted by atomic mass is 35.5. The number of amides is 2. The summed E-state index contributed by atoms with van der Waals surface area (Å²) in [5.74, 6) is -0.668. The molecule has 4 nitrogen and oxygen atoms in total. The molecule has 0 N–H and O–H groups in total. The number of fused-ring (bicyclic) bond motifs is 2. The van der Waals surface area contributed by atoms with Gasteiger partial charge in [-0.3, -0.25) is 9.59 Å². The monoisotopic (exact) mass is 273 g/mol. The van der Waals surface area contributed by atoms with Crippen LogP contribution in [-0.2, 0) is 4.74 Å². The van der Waals surface area contributed by atoms with Crippen LogP contribution < -0.4 is 0 Å². The minimum atomic E-state index is -1.03. The molecule has 1 aliphatic carbocycles. The van der Waals surface area contributed by atoms with Crippen LogP contribution in [0.1, 0.15) is 20.7 Å². The largest absolute Gasteiger partial charge is 0.335 e. The topological polar surface area (TPSA) is 49.9 Å². The summed E-state index contributed by atoms with van der Waals surface area (Å²) in [7, 11) is 0. The van der Waals surface area contributed by atoms with Gasteiger partial charge in [-0.25, -0.2) is 4.90 Å². The number of nitrogens with zero attached hydrogens (tertiary/aromatic N) is 1. The molecular formula is C14H8ClNO3. The van der Waals surface area contributed by atoms with Gasteiger partial charge in [-0.2, -0.15) is 0 Å². The van der Waals surface area contributed by atoms with E-state index >= 15 is 0 Å². The molecule has 2 amide bonds. The Balaban J connectivity index is 1.83. The summed E-state index contributed by atoms with van der Waals surface area (Å²) >= 11 is 5.96. The van der Waals surface area contributed by atoms with Crippen molar-refractivity contribution in [3.8, 4) is 0 Å². The highest BCUT2D eigenvalue weighted by molar-refractivity contribution is 6.31. The minimum absolute atomic E-state index is 0.294. The Bertz CT molecular complexity index is 659. The molecule has 0 saturated carbocycles. The van der Waals surface area contributed by atoms with E-state index in [1.807, 2.05) is 0 Å². The molecule has 1 aromatic carbocycles. The second-order valence-corrected chi connectivity index (χ2v) is 5.11. The van der Waals surface area contributed by atoms with Crippen LogP contribution in [0.4, 0.5) is 0 Å². The van der Waals surface area contributed by atoms with Crippen molar-refractivity contribution in [2.75, 3.05) is 0 Å². The second-order valence-electron chi connectivity index (χ2n) is 4.67. The molecule has 94 valence electrons. The smallest absolute Gasteiger partial charge is 0.264 e. The lowest BCUT2D eigenvalue weighted by molar-refractivity contribution is 0.0489. The predicted molar refractivity (Wildman–Crippen MR) is 67.6 cm³/mol. The number of rotatable bonds is 1. The van der Waals surface area contributed by atoms with Gasteiger partial charge in [0, 0.05) is 5.03 Å². The van der Waals surface area contributed by atoms with Crippen LogP contribution in [0.25, 0.3) is 0 Å². The zero-order valence-electron chi connectivity index (χ0n) is 9.67. The Morgan fingerprint density at radius 2 is 1.79 bits per heavy atom. The lowest BCUT2D eigenvalue weighted by Crippen LogP contribution is -2.43. The molecule has 0 radical (unpaired) electrons. The van der Waals surface area contributed by atoms with E-state index in [0.717, 1.165) is 4.90 Å². The summed E-state index contributed by atoms with van der Waals surface area (Å²) in [6.07, 6.45) is 4.78. The molecule has 0 spiro atoms. The van der Waals surface area contributed by atoms with Crippen LogP contribution in [0.2, 0.25) is 0 Å². The average molecular weight is 274 g/mol. The summed E-state index contributed by atoms with van der Waals surface area (Å²) < 4.78 is 5.53. The number of carbonyl (C=O) groups excluding carboxylic acids is 2. The van der Waals surface area contributed by atoms with Gasteiger partial charge in [-0.1, -0.05) is 23.7 Å². The molecular weight excluding hydrogens is 266 g/mol. The Kier molecular flexibility index (Phi) is 1.93. The van der Waals surface area contributed by atoms with E-state index < -0.39 is 5.72 Å². The molecule has 0 bridgehead atoms. The molecule has 0 aromatic heterocycles. The first-order valence-electron chi connectivity index (χ1n) is 5.86. The lowest BCUT2D eigenvalue weighted by atomic mass is 10.1. The van der Waals surface area contributed by atoms with E-state index in [1.54, 1.807) is 42.5 Å². The number of halogens is 1. The second kappa shape index (κ2) is 3.35. The summed E-state index contributed by atoms with van der Waals surface area (Å²) in [6.45, 7) is 0. The van der Waals surface area contributed by atoms with Crippen molar-refractivity contribution in [1.29, 1.82) is 0 Å². The van der Waals surface area contributed by atoms with Gasteiger partial charge in [0.05, 0.1) is 11.1 Å². The molecule has 1 fully saturated rings. The molecule has 2 aliphatic heterocycles. The molecule has 2 atom stereocenters. The number of hydrogen-bond donors (Lipinski definition) is 0. The van der Waals surface area contributed by atoms with Gasteiger partial charge in [-0.15, -0.1) is 0 Å². The van der Waals surface area contributed by atoms with Gasteiger partial charge < -0.3 is 4.74 Å². The summed E-state index contributed by atoms with van der Waals surface area (Å²) in [5.41, 5.74) is -0.204. The standard InChI is InChI=1S/C14H8ClNO3/c15-8-5-6-11-14(7-8,19-11)16-12(17)9-3-1-2-4-10(9)13(16)18/h1-7,11H. The van der Waals surface area contributed by atoms with Crippen LogP contribution in [0.5, 0.6) is 0 Å². The Morgan fingerprint density at radius 3 is 2.42 bits per heavy atom. The van der Waals surface area contributed by atoms with E-state index in [2.05, 4.69) is 0 Å². The maximum absolute atomic E-state index is 12.4. The maximum atomic E-state index is 12.4. The summed E-state index contributed by atoms with van der Waals surface area (Å²) in [6, 6.07) is 6.77. The lowest BCUT2D eigenvalue weighted by Gasteiger charge is -2.21. The molecule has 2 unspecified atom stereocenters. The third-order valence-electron chi connectivity index (χ3n) is 3.58. The van der Waals surface area contributed by atoms with E-state index in [1.165, 1.54) is 0 Å². The van der Waals surface area contributed by atoms with Crippen molar-refractivity contribution in [2.24, 2.45) is 0 Å². The minimum Gasteiger partial charge on any atom is -0.335 e. The fourth-order valence-corrected chi connectivity index (χ4v) is 2.87. The van der Waals surface area contributed by atoms with Gasteiger partial charge in [-0.05, 0) is 30.4 Å². The number of benzene rings is 1. The number of carbonyl (C=O) groups is 2. The third-order valence-corrected chi connectivity index (χ3v) is 3.82. The van der Waals surface area contributed by atoms with Crippen molar-refractivity contribution in [2.45, 2.75) is 11.8 Å². The van der Waals surface area contributed by atoms with Gasteiger partial charge in [0.1, 0.15) is 6.10 Å². The molecule has 1 saturated heterocycles. The number of hydrogen-bond acceptors (Lipinski definition) is 3. The first kappa shape index (κ1) is 11.0. The van der Waals surface area contributed by atoms with Crippen LogP contribution in [0, 0.1) is 0 Å². The number of imide groups is 1. The number of ether oxygens (including phenoxy) is 1. The first-order valence-corrected chi connectivity index (χ1v) is 6.23. The van der Waals surface area contributed by atoms with Gasteiger partial charge in [0.15, 0.2) is 0 Å². The highest BCUT2D eigenvalue weighted by Gasteiger charge is 2.65. The maximum Gasteiger partial charge on any atom is 0.264 e. The summed E-state index contributed by atoms with van der Waals surface area (Å²) in [4.78, 5) is 25.9. The van der Waals surface area contributed by atoms with E-state index in [4.69, 9.17) is 16.3 Å². The normalized spacial score (nSPS) is 31.1. The fraction of sp³-hybridized carbons (Fsp3) is 0.143. The molecule has 5 heteroatoms. The number of epoxide rings is 1. The molecule has 1 aromatic rings. The Hall–Kier alpha value is -1.91.